The molecule has 1 saturated heterocycles. The van der Waals surface area contributed by atoms with Gasteiger partial charge in [-0.25, -0.2) is 0 Å². The highest BCUT2D eigenvalue weighted by molar-refractivity contribution is 7.18. The van der Waals surface area contributed by atoms with Crippen molar-refractivity contribution in [3.05, 3.63) is 10.9 Å². The van der Waals surface area contributed by atoms with Crippen LogP contribution in [-0.2, 0) is 0 Å². The summed E-state index contributed by atoms with van der Waals surface area (Å²) in [5.74, 6) is 1.03. The first-order valence-electron chi connectivity index (χ1n) is 6.83. The van der Waals surface area contributed by atoms with E-state index in [-0.39, 0.29) is 5.78 Å². The molecule has 0 spiro atoms. The molecule has 1 aromatic rings. The monoisotopic (exact) mass is 266 g/mol. The fraction of sp³-hybridized carbons (Fsp3) is 0.643. The van der Waals surface area contributed by atoms with Crippen molar-refractivity contribution in [3.63, 3.8) is 0 Å². The zero-order valence-corrected chi connectivity index (χ0v) is 12.1. The highest BCUT2D eigenvalue weighted by Gasteiger charge is 2.21. The normalized spacial score (nSPS) is 17.1. The van der Waals surface area contributed by atoms with Gasteiger partial charge in [-0.2, -0.15) is 0 Å². The molecule has 1 fully saturated rings. The molecule has 0 amide bonds. The second-order valence-electron chi connectivity index (χ2n) is 4.98. The highest BCUT2D eigenvalue weighted by Crippen LogP contribution is 2.35. The number of hydrogen-bond acceptors (Lipinski definition) is 4. The number of thiophene rings is 1. The van der Waals surface area contributed by atoms with Gasteiger partial charge in [-0.15, -0.1) is 11.3 Å². The maximum atomic E-state index is 11.7. The molecule has 2 heterocycles. The van der Waals surface area contributed by atoms with E-state index in [1.807, 2.05) is 13.0 Å². The Hall–Kier alpha value is -1.03. The van der Waals surface area contributed by atoms with Crippen LogP contribution in [0.25, 0.3) is 0 Å². The fourth-order valence-electron chi connectivity index (χ4n) is 2.49. The molecule has 0 bridgehead atoms. The predicted molar refractivity (Wildman–Crippen MR) is 78.6 cm³/mol. The summed E-state index contributed by atoms with van der Waals surface area (Å²) in [7, 11) is 0. The van der Waals surface area contributed by atoms with Crippen LogP contribution in [0, 0.1) is 5.92 Å². The van der Waals surface area contributed by atoms with Crippen LogP contribution in [0.5, 0.6) is 0 Å². The molecule has 100 valence electrons. The molecular weight excluding hydrogens is 244 g/mol. The Bertz CT molecular complexity index is 419. The van der Waals surface area contributed by atoms with Gasteiger partial charge >= 0.3 is 0 Å². The Morgan fingerprint density at radius 2 is 2.11 bits per heavy atom. The topological polar surface area (TPSA) is 46.3 Å². The van der Waals surface area contributed by atoms with Gasteiger partial charge in [0, 0.05) is 19.5 Å². The van der Waals surface area contributed by atoms with Crippen LogP contribution in [0.3, 0.4) is 0 Å². The number of nitrogens with two attached hydrogens (primary N) is 1. The number of nitrogens with zero attached hydrogens (tertiary/aromatic N) is 1. The van der Waals surface area contributed by atoms with Gasteiger partial charge < -0.3 is 10.6 Å². The summed E-state index contributed by atoms with van der Waals surface area (Å²) >= 11 is 1.56. The van der Waals surface area contributed by atoms with Crippen LogP contribution in [-0.4, -0.2) is 18.9 Å². The van der Waals surface area contributed by atoms with Crippen molar-refractivity contribution in [1.29, 1.82) is 0 Å². The number of anilines is 2. The maximum absolute atomic E-state index is 11.7. The van der Waals surface area contributed by atoms with Gasteiger partial charge in [0.2, 0.25) is 0 Å². The zero-order valence-electron chi connectivity index (χ0n) is 11.2. The number of carbonyl (C=O) groups is 1. The third-order valence-corrected chi connectivity index (χ3v) is 5.08. The molecular formula is C14H22N2OS. The Balaban J connectivity index is 2.08. The molecule has 0 saturated carbocycles. The van der Waals surface area contributed by atoms with Gasteiger partial charge in [-0.05, 0) is 24.8 Å². The van der Waals surface area contributed by atoms with Crippen molar-refractivity contribution in [2.24, 2.45) is 5.92 Å². The molecule has 0 aliphatic carbocycles. The minimum Gasteiger partial charge on any atom is -0.397 e. The van der Waals surface area contributed by atoms with Crippen molar-refractivity contribution < 1.29 is 4.79 Å². The van der Waals surface area contributed by atoms with E-state index in [0.29, 0.717) is 12.1 Å². The van der Waals surface area contributed by atoms with Crippen LogP contribution in [0.2, 0.25) is 0 Å². The molecule has 4 heteroatoms. The summed E-state index contributed by atoms with van der Waals surface area (Å²) in [6.07, 6.45) is 4.32. The number of nitrogen functional groups attached to an aromatic ring is 1. The maximum Gasteiger partial charge on any atom is 0.174 e. The molecule has 1 aromatic heterocycles. The molecule has 1 aliphatic heterocycles. The lowest BCUT2D eigenvalue weighted by atomic mass is 9.95. The summed E-state index contributed by atoms with van der Waals surface area (Å²) in [6, 6.07) is 1.97. The molecule has 0 radical (unpaired) electrons. The van der Waals surface area contributed by atoms with E-state index in [4.69, 9.17) is 5.73 Å². The molecule has 0 unspecified atom stereocenters. The average molecular weight is 266 g/mol. The Morgan fingerprint density at radius 1 is 1.44 bits per heavy atom. The summed E-state index contributed by atoms with van der Waals surface area (Å²) in [5, 5.41) is 1.17. The van der Waals surface area contributed by atoms with Crippen LogP contribution in [0.1, 0.15) is 49.2 Å². The van der Waals surface area contributed by atoms with Crippen LogP contribution < -0.4 is 10.6 Å². The van der Waals surface area contributed by atoms with Gasteiger partial charge in [-0.1, -0.05) is 20.3 Å². The van der Waals surface area contributed by atoms with E-state index >= 15 is 0 Å². The third kappa shape index (κ3) is 2.69. The molecule has 0 aromatic carbocycles. The second kappa shape index (κ2) is 5.74. The Kier molecular flexibility index (Phi) is 4.27. The smallest absolute Gasteiger partial charge is 0.174 e. The van der Waals surface area contributed by atoms with Crippen molar-refractivity contribution in [2.45, 2.75) is 39.5 Å². The van der Waals surface area contributed by atoms with Gasteiger partial charge in [-0.3, -0.25) is 4.79 Å². The first-order chi connectivity index (χ1) is 8.65. The summed E-state index contributed by atoms with van der Waals surface area (Å²) in [6.45, 7) is 6.34. The Morgan fingerprint density at radius 3 is 2.67 bits per heavy atom. The van der Waals surface area contributed by atoms with E-state index in [2.05, 4.69) is 11.8 Å². The van der Waals surface area contributed by atoms with E-state index in [1.54, 1.807) is 11.3 Å². The fourth-order valence-corrected chi connectivity index (χ4v) is 3.63. The number of carbonyl (C=O) groups excluding carboxylic acids is 1. The largest absolute Gasteiger partial charge is 0.397 e. The lowest BCUT2D eigenvalue weighted by Gasteiger charge is -2.32. The average Bonchev–Trinajstić information content (AvgIpc) is 2.80. The molecule has 2 rings (SSSR count). The summed E-state index contributed by atoms with van der Waals surface area (Å²) in [4.78, 5) is 14.9. The lowest BCUT2D eigenvalue weighted by Crippen LogP contribution is -2.32. The van der Waals surface area contributed by atoms with Crippen LogP contribution >= 0.6 is 11.3 Å². The minimum atomic E-state index is 0.159. The van der Waals surface area contributed by atoms with E-state index in [1.165, 1.54) is 24.3 Å². The molecule has 0 atom stereocenters. The number of Topliss-reactive ketones (excluding diaryl/α,β-unsaturated/α-hetero) is 1. The van der Waals surface area contributed by atoms with Crippen LogP contribution in [0.4, 0.5) is 10.7 Å². The van der Waals surface area contributed by atoms with Crippen molar-refractivity contribution in [3.8, 4) is 0 Å². The number of hydrogen-bond donors (Lipinski definition) is 1. The van der Waals surface area contributed by atoms with Crippen LogP contribution in [0.15, 0.2) is 6.07 Å². The molecule has 18 heavy (non-hydrogen) atoms. The first-order valence-corrected chi connectivity index (χ1v) is 7.64. The molecule has 3 nitrogen and oxygen atoms in total. The van der Waals surface area contributed by atoms with Crippen molar-refractivity contribution in [1.82, 2.24) is 0 Å². The quantitative estimate of drug-likeness (QED) is 0.848. The highest BCUT2D eigenvalue weighted by atomic mass is 32.1. The number of rotatable bonds is 4. The summed E-state index contributed by atoms with van der Waals surface area (Å²) < 4.78 is 0. The van der Waals surface area contributed by atoms with Crippen molar-refractivity contribution >= 4 is 27.8 Å². The van der Waals surface area contributed by atoms with Gasteiger partial charge in [0.15, 0.2) is 5.78 Å². The SMILES string of the molecule is CCC(=O)c1sc(N2CCC(CC)CC2)cc1N. The third-order valence-electron chi connectivity index (χ3n) is 3.83. The zero-order chi connectivity index (χ0) is 13.1. The minimum absolute atomic E-state index is 0.159. The van der Waals surface area contributed by atoms with E-state index in [9.17, 15) is 4.79 Å². The van der Waals surface area contributed by atoms with E-state index < -0.39 is 0 Å². The first kappa shape index (κ1) is 13.4. The van der Waals surface area contributed by atoms with Gasteiger partial charge in [0.1, 0.15) is 0 Å². The van der Waals surface area contributed by atoms with Crippen molar-refractivity contribution in [2.75, 3.05) is 23.7 Å². The Labute approximate surface area is 113 Å². The number of piperidine rings is 1. The lowest BCUT2D eigenvalue weighted by molar-refractivity contribution is 0.0993. The molecule has 1 aliphatic rings. The summed E-state index contributed by atoms with van der Waals surface area (Å²) in [5.41, 5.74) is 6.59. The van der Waals surface area contributed by atoms with E-state index in [0.717, 1.165) is 23.9 Å². The second-order valence-corrected chi connectivity index (χ2v) is 6.02. The number of ketones is 1. The van der Waals surface area contributed by atoms with Gasteiger partial charge in [0.25, 0.3) is 0 Å². The predicted octanol–water partition coefficient (Wildman–Crippen LogP) is 3.55. The van der Waals surface area contributed by atoms with Gasteiger partial charge in [0.05, 0.1) is 15.6 Å². The molecule has 2 N–H and O–H groups in total. The standard InChI is InChI=1S/C14H22N2OS/c1-3-10-5-7-16(8-6-10)13-9-11(15)14(18-13)12(17)4-2/h9-10H,3-8,15H2,1-2H3.